The van der Waals surface area contributed by atoms with Crippen molar-refractivity contribution in [2.24, 2.45) is 5.92 Å². The largest absolute Gasteiger partial charge is 0.490 e. The number of hydrogen-bond donors (Lipinski definition) is 1. The van der Waals surface area contributed by atoms with Gasteiger partial charge in [-0.25, -0.2) is 9.18 Å². The van der Waals surface area contributed by atoms with Gasteiger partial charge in [0.15, 0.2) is 0 Å². The third-order valence-electron chi connectivity index (χ3n) is 7.80. The molecule has 4 aliphatic rings. The molecule has 1 spiro atoms. The van der Waals surface area contributed by atoms with Gasteiger partial charge in [0, 0.05) is 11.6 Å². The van der Waals surface area contributed by atoms with E-state index in [9.17, 15) is 14.0 Å². The number of methoxy groups -OCH3 is 1. The normalized spacial score (nSPS) is 29.4. The Morgan fingerprint density at radius 3 is 2.61 bits per heavy atom. The van der Waals surface area contributed by atoms with Crippen LogP contribution in [0.15, 0.2) is 18.2 Å². The number of carbonyl (C=O) groups is 2. The molecule has 3 aliphatic heterocycles. The van der Waals surface area contributed by atoms with E-state index in [0.29, 0.717) is 38.6 Å². The second kappa shape index (κ2) is 8.76. The molecule has 3 heterocycles. The molecule has 1 N–H and O–H groups in total. The fourth-order valence-electron chi connectivity index (χ4n) is 5.78. The monoisotopic (exact) mass is 462 g/mol. The zero-order valence-electron chi connectivity index (χ0n) is 18.9. The molecule has 9 heteroatoms. The molecule has 1 unspecified atom stereocenters. The van der Waals surface area contributed by atoms with Gasteiger partial charge in [-0.2, -0.15) is 0 Å². The van der Waals surface area contributed by atoms with Crippen LogP contribution in [0.2, 0.25) is 0 Å². The van der Waals surface area contributed by atoms with Crippen molar-refractivity contribution >= 4 is 12.1 Å². The molecular formula is C24H31FN2O6. The summed E-state index contributed by atoms with van der Waals surface area (Å²) in [5, 5.41) is 9.10. The predicted octanol–water partition coefficient (Wildman–Crippen LogP) is 2.86. The van der Waals surface area contributed by atoms with E-state index < -0.39 is 6.09 Å². The number of piperidine rings is 1. The maximum atomic E-state index is 14.1. The Labute approximate surface area is 192 Å². The number of hydrogen-bond acceptors (Lipinski definition) is 6. The maximum absolute atomic E-state index is 14.1. The highest BCUT2D eigenvalue weighted by molar-refractivity contribution is 5.73. The lowest BCUT2D eigenvalue weighted by atomic mass is 9.82. The molecule has 4 fully saturated rings. The minimum Gasteiger partial charge on any atom is -0.490 e. The Hall–Kier alpha value is -2.39. The summed E-state index contributed by atoms with van der Waals surface area (Å²) < 4.78 is 31.1. The zero-order valence-corrected chi connectivity index (χ0v) is 18.9. The lowest BCUT2D eigenvalue weighted by Crippen LogP contribution is -2.63. The Balaban J connectivity index is 1.16. The van der Waals surface area contributed by atoms with Gasteiger partial charge in [-0.1, -0.05) is 0 Å². The molecule has 0 aromatic heterocycles. The van der Waals surface area contributed by atoms with E-state index >= 15 is 0 Å². The topological polar surface area (TPSA) is 88.5 Å². The van der Waals surface area contributed by atoms with Crippen molar-refractivity contribution in [2.75, 3.05) is 39.9 Å². The van der Waals surface area contributed by atoms with E-state index in [1.54, 1.807) is 12.1 Å². The molecule has 8 nitrogen and oxygen atoms in total. The van der Waals surface area contributed by atoms with E-state index in [0.717, 1.165) is 43.7 Å². The van der Waals surface area contributed by atoms with Crippen molar-refractivity contribution in [2.45, 2.75) is 55.8 Å². The first kappa shape index (κ1) is 22.4. The van der Waals surface area contributed by atoms with Gasteiger partial charge in [-0.3, -0.25) is 9.69 Å². The minimum atomic E-state index is -0.885. The predicted molar refractivity (Wildman–Crippen MR) is 116 cm³/mol. The summed E-state index contributed by atoms with van der Waals surface area (Å²) in [5.41, 5.74) is 0.598. The van der Waals surface area contributed by atoms with Crippen molar-refractivity contribution in [1.29, 1.82) is 0 Å². The fraction of sp³-hybridized carbons (Fsp3) is 0.667. The number of carboxylic acid groups (broad SMARTS) is 1. The molecule has 0 bridgehead atoms. The lowest BCUT2D eigenvalue weighted by Gasteiger charge is -2.45. The van der Waals surface area contributed by atoms with Crippen LogP contribution in [0.3, 0.4) is 0 Å². The van der Waals surface area contributed by atoms with Crippen molar-refractivity contribution < 1.29 is 33.3 Å². The first-order chi connectivity index (χ1) is 15.9. The average Bonchev–Trinajstić information content (AvgIpc) is 3.21. The average molecular weight is 463 g/mol. The molecule has 0 radical (unpaired) electrons. The van der Waals surface area contributed by atoms with Crippen LogP contribution in [-0.4, -0.2) is 84.6 Å². The van der Waals surface area contributed by atoms with Gasteiger partial charge in [-0.05, 0) is 69.3 Å². The van der Waals surface area contributed by atoms with Crippen molar-refractivity contribution in [3.05, 3.63) is 29.6 Å². The molecule has 1 aromatic rings. The van der Waals surface area contributed by atoms with Crippen molar-refractivity contribution in [3.63, 3.8) is 0 Å². The number of carbonyl (C=O) groups excluding carboxylic acids is 1. The molecule has 5 rings (SSSR count). The number of rotatable bonds is 5. The highest BCUT2D eigenvalue weighted by atomic mass is 19.1. The second-order valence-electron chi connectivity index (χ2n) is 9.91. The second-order valence-corrected chi connectivity index (χ2v) is 9.91. The Kier molecular flexibility index (Phi) is 5.95. The van der Waals surface area contributed by atoms with Crippen LogP contribution in [0.4, 0.5) is 9.18 Å². The minimum absolute atomic E-state index is 0.0435. The van der Waals surface area contributed by atoms with Gasteiger partial charge in [-0.15, -0.1) is 0 Å². The van der Waals surface area contributed by atoms with E-state index in [1.807, 2.05) is 0 Å². The molecular weight excluding hydrogens is 431 g/mol. The Morgan fingerprint density at radius 2 is 1.94 bits per heavy atom. The summed E-state index contributed by atoms with van der Waals surface area (Å²) in [6, 6.07) is 5.03. The van der Waals surface area contributed by atoms with Crippen LogP contribution >= 0.6 is 0 Å². The van der Waals surface area contributed by atoms with E-state index in [1.165, 1.54) is 18.1 Å². The standard InChI is InChI=1S/C24H31FN2O6/c1-31-22(28)16-8-19(9-16)33-21-3-2-17(25)10-20(21)15-4-6-26(7-5-15)18-11-24(32-12-18)13-27(14-24)23(29)30/h2-3,10,15-16,18-19H,4-9,11-14H2,1H3,(H,29,30). The lowest BCUT2D eigenvalue weighted by molar-refractivity contribution is -0.151. The third kappa shape index (κ3) is 4.40. The number of esters is 1. The van der Waals surface area contributed by atoms with Gasteiger partial charge in [0.2, 0.25) is 0 Å². The summed E-state index contributed by atoms with van der Waals surface area (Å²) >= 11 is 0. The summed E-state index contributed by atoms with van der Waals surface area (Å²) in [4.78, 5) is 26.5. The van der Waals surface area contributed by atoms with Crippen LogP contribution in [-0.2, 0) is 14.3 Å². The molecule has 33 heavy (non-hydrogen) atoms. The molecule has 1 atom stereocenters. The fourth-order valence-corrected chi connectivity index (χ4v) is 5.78. The van der Waals surface area contributed by atoms with Crippen molar-refractivity contribution in [3.8, 4) is 5.75 Å². The number of amides is 1. The summed E-state index contributed by atoms with van der Waals surface area (Å²) in [6.45, 7) is 3.33. The molecule has 1 aromatic carbocycles. The molecule has 1 aliphatic carbocycles. The highest BCUT2D eigenvalue weighted by Crippen LogP contribution is 2.41. The molecule has 180 valence electrons. The first-order valence-electron chi connectivity index (χ1n) is 11.8. The van der Waals surface area contributed by atoms with Gasteiger partial charge in [0.1, 0.15) is 23.3 Å². The smallest absolute Gasteiger partial charge is 0.407 e. The summed E-state index contributed by atoms with van der Waals surface area (Å²) in [7, 11) is 1.40. The van der Waals surface area contributed by atoms with E-state index in [2.05, 4.69) is 4.90 Å². The van der Waals surface area contributed by atoms with Crippen LogP contribution in [0.5, 0.6) is 5.75 Å². The SMILES string of the molecule is COC(=O)C1CC(Oc2ccc(F)cc2C2CCN(C3COC4(C3)CN(C(=O)O)C4)CC2)C1. The molecule has 1 amide bonds. The first-order valence-corrected chi connectivity index (χ1v) is 11.8. The van der Waals surface area contributed by atoms with Crippen LogP contribution in [0, 0.1) is 11.7 Å². The summed E-state index contributed by atoms with van der Waals surface area (Å²) in [6.07, 6.45) is 3.00. The summed E-state index contributed by atoms with van der Waals surface area (Å²) in [5.74, 6) is 0.361. The molecule has 1 saturated carbocycles. The number of nitrogens with zero attached hydrogens (tertiary/aromatic N) is 2. The van der Waals surface area contributed by atoms with Gasteiger partial charge in [0.05, 0.1) is 32.7 Å². The Morgan fingerprint density at radius 1 is 1.21 bits per heavy atom. The van der Waals surface area contributed by atoms with E-state index in [-0.39, 0.29) is 35.3 Å². The highest BCUT2D eigenvalue weighted by Gasteiger charge is 2.52. The number of ether oxygens (including phenoxy) is 3. The zero-order chi connectivity index (χ0) is 23.2. The quantitative estimate of drug-likeness (QED) is 0.673. The van der Waals surface area contributed by atoms with E-state index in [4.69, 9.17) is 19.3 Å². The van der Waals surface area contributed by atoms with Gasteiger partial charge in [0.25, 0.3) is 0 Å². The maximum Gasteiger partial charge on any atom is 0.407 e. The third-order valence-corrected chi connectivity index (χ3v) is 7.80. The number of likely N-dealkylation sites (tertiary alicyclic amines) is 2. The van der Waals surface area contributed by atoms with Gasteiger partial charge < -0.3 is 24.2 Å². The Bertz CT molecular complexity index is 906. The van der Waals surface area contributed by atoms with Crippen LogP contribution in [0.25, 0.3) is 0 Å². The molecule has 3 saturated heterocycles. The number of benzene rings is 1. The van der Waals surface area contributed by atoms with Crippen LogP contribution in [0.1, 0.15) is 43.6 Å². The van der Waals surface area contributed by atoms with Gasteiger partial charge >= 0.3 is 12.1 Å². The van der Waals surface area contributed by atoms with Crippen molar-refractivity contribution in [1.82, 2.24) is 9.80 Å². The van der Waals surface area contributed by atoms with Crippen LogP contribution < -0.4 is 4.74 Å². The number of halogens is 1.